The fourth-order valence-corrected chi connectivity index (χ4v) is 2.69. The number of hydrogen-bond acceptors (Lipinski definition) is 3. The number of benzene rings is 1. The van der Waals surface area contributed by atoms with Crippen LogP contribution in [0.25, 0.3) is 0 Å². The van der Waals surface area contributed by atoms with Gasteiger partial charge in [0.05, 0.1) is 12.7 Å². The zero-order valence-corrected chi connectivity index (χ0v) is 13.5. The van der Waals surface area contributed by atoms with Gasteiger partial charge in [0.15, 0.2) is 0 Å². The van der Waals surface area contributed by atoms with Gasteiger partial charge in [-0.05, 0) is 50.5 Å². The number of amides is 2. The summed E-state index contributed by atoms with van der Waals surface area (Å²) in [5, 5.41) is 12.5. The average Bonchev–Trinajstić information content (AvgIpc) is 2.56. The Morgan fingerprint density at radius 2 is 2.22 bits per heavy atom. The van der Waals surface area contributed by atoms with Crippen LogP contribution in [0, 0.1) is 11.7 Å². The van der Waals surface area contributed by atoms with Crippen molar-refractivity contribution in [1.29, 1.82) is 0 Å². The smallest absolute Gasteiger partial charge is 0.317 e. The molecule has 1 fully saturated rings. The summed E-state index contributed by atoms with van der Waals surface area (Å²) in [7, 11) is 0. The van der Waals surface area contributed by atoms with E-state index < -0.39 is 0 Å². The first kappa shape index (κ1) is 17.5. The Balaban J connectivity index is 1.62. The number of hydrogen-bond donors (Lipinski definition) is 2. The summed E-state index contributed by atoms with van der Waals surface area (Å²) in [5.41, 5.74) is 0. The summed E-state index contributed by atoms with van der Waals surface area (Å²) in [6, 6.07) is 5.78. The minimum Gasteiger partial charge on any atom is -0.494 e. The summed E-state index contributed by atoms with van der Waals surface area (Å²) in [6.45, 7) is 4.10. The van der Waals surface area contributed by atoms with Gasteiger partial charge in [-0.25, -0.2) is 9.18 Å². The number of likely N-dealkylation sites (tertiary alicyclic amines) is 1. The van der Waals surface area contributed by atoms with E-state index in [1.807, 2.05) is 0 Å². The van der Waals surface area contributed by atoms with E-state index in [1.165, 1.54) is 12.1 Å². The molecule has 0 saturated carbocycles. The molecule has 5 nitrogen and oxygen atoms in total. The minimum atomic E-state index is -0.380. The van der Waals surface area contributed by atoms with Gasteiger partial charge in [-0.3, -0.25) is 0 Å². The highest BCUT2D eigenvalue weighted by molar-refractivity contribution is 5.74. The Kier molecular flexibility index (Phi) is 6.65. The molecule has 1 aromatic carbocycles. The molecule has 0 aliphatic carbocycles. The SMILES string of the molecule is CC(O)C1CCCN(C(=O)NCCCOc2ccc(F)cc2)C1. The fraction of sp³-hybridized carbons (Fsp3) is 0.588. The normalized spacial score (nSPS) is 19.3. The number of piperidine rings is 1. The van der Waals surface area contributed by atoms with Crippen molar-refractivity contribution < 1.29 is 19.0 Å². The van der Waals surface area contributed by atoms with E-state index in [9.17, 15) is 14.3 Å². The Morgan fingerprint density at radius 3 is 2.91 bits per heavy atom. The number of halogens is 1. The third kappa shape index (κ3) is 5.71. The summed E-state index contributed by atoms with van der Waals surface area (Å²) >= 11 is 0. The lowest BCUT2D eigenvalue weighted by Crippen LogP contribution is -2.47. The van der Waals surface area contributed by atoms with E-state index in [1.54, 1.807) is 24.0 Å². The van der Waals surface area contributed by atoms with Gasteiger partial charge in [-0.15, -0.1) is 0 Å². The van der Waals surface area contributed by atoms with Crippen LogP contribution in [0.3, 0.4) is 0 Å². The molecule has 6 heteroatoms. The number of nitrogens with zero attached hydrogens (tertiary/aromatic N) is 1. The first-order valence-corrected chi connectivity index (χ1v) is 8.15. The average molecular weight is 324 g/mol. The molecule has 1 saturated heterocycles. The van der Waals surface area contributed by atoms with Gasteiger partial charge >= 0.3 is 6.03 Å². The quantitative estimate of drug-likeness (QED) is 0.790. The molecule has 0 spiro atoms. The zero-order chi connectivity index (χ0) is 16.7. The van der Waals surface area contributed by atoms with Crippen LogP contribution in [0.5, 0.6) is 5.75 Å². The lowest BCUT2D eigenvalue weighted by atomic mass is 9.94. The molecule has 2 unspecified atom stereocenters. The third-order valence-corrected chi connectivity index (χ3v) is 4.11. The number of carbonyl (C=O) groups excluding carboxylic acids is 1. The van der Waals surface area contributed by atoms with Gasteiger partial charge in [-0.1, -0.05) is 0 Å². The van der Waals surface area contributed by atoms with Crippen LogP contribution in [0.1, 0.15) is 26.2 Å². The maximum absolute atomic E-state index is 12.7. The van der Waals surface area contributed by atoms with Gasteiger partial charge in [0.1, 0.15) is 11.6 Å². The number of rotatable bonds is 6. The first-order chi connectivity index (χ1) is 11.1. The highest BCUT2D eigenvalue weighted by Crippen LogP contribution is 2.19. The molecule has 1 aliphatic heterocycles. The number of nitrogens with one attached hydrogen (secondary N) is 1. The second-order valence-corrected chi connectivity index (χ2v) is 5.98. The predicted molar refractivity (Wildman–Crippen MR) is 85.9 cm³/mol. The van der Waals surface area contributed by atoms with E-state index in [2.05, 4.69) is 5.32 Å². The van der Waals surface area contributed by atoms with Crippen molar-refractivity contribution in [3.8, 4) is 5.75 Å². The molecule has 2 rings (SSSR count). The molecule has 2 atom stereocenters. The van der Waals surface area contributed by atoms with Crippen molar-refractivity contribution in [1.82, 2.24) is 10.2 Å². The van der Waals surface area contributed by atoms with Crippen LogP contribution in [0.2, 0.25) is 0 Å². The lowest BCUT2D eigenvalue weighted by molar-refractivity contribution is 0.0739. The molecule has 2 N–H and O–H groups in total. The van der Waals surface area contributed by atoms with E-state index in [0.717, 1.165) is 19.4 Å². The molecule has 1 aromatic rings. The molecule has 0 bridgehead atoms. The lowest BCUT2D eigenvalue weighted by Gasteiger charge is -2.34. The van der Waals surface area contributed by atoms with Crippen LogP contribution in [-0.4, -0.2) is 48.4 Å². The number of ether oxygens (including phenoxy) is 1. The molecule has 2 amide bonds. The second kappa shape index (κ2) is 8.72. The molecule has 0 radical (unpaired) electrons. The molecule has 128 valence electrons. The highest BCUT2D eigenvalue weighted by Gasteiger charge is 2.26. The molecule has 0 aromatic heterocycles. The van der Waals surface area contributed by atoms with Gasteiger partial charge in [0.25, 0.3) is 0 Å². The maximum Gasteiger partial charge on any atom is 0.317 e. The number of aliphatic hydroxyl groups is 1. The van der Waals surface area contributed by atoms with Crippen molar-refractivity contribution in [2.45, 2.75) is 32.3 Å². The topological polar surface area (TPSA) is 61.8 Å². The molecule has 23 heavy (non-hydrogen) atoms. The summed E-state index contributed by atoms with van der Waals surface area (Å²) in [4.78, 5) is 13.9. The number of carbonyl (C=O) groups is 1. The first-order valence-electron chi connectivity index (χ1n) is 8.15. The van der Waals surface area contributed by atoms with Crippen molar-refractivity contribution >= 4 is 6.03 Å². The van der Waals surface area contributed by atoms with E-state index >= 15 is 0 Å². The van der Waals surface area contributed by atoms with Crippen molar-refractivity contribution in [2.24, 2.45) is 5.92 Å². The predicted octanol–water partition coefficient (Wildman–Crippen LogP) is 2.40. The fourth-order valence-electron chi connectivity index (χ4n) is 2.69. The van der Waals surface area contributed by atoms with Gasteiger partial charge in [0, 0.05) is 25.6 Å². The molecular formula is C17H25FN2O3. The number of urea groups is 1. The summed E-state index contributed by atoms with van der Waals surface area (Å²) < 4.78 is 18.2. The Morgan fingerprint density at radius 1 is 1.48 bits per heavy atom. The highest BCUT2D eigenvalue weighted by atomic mass is 19.1. The van der Waals surface area contributed by atoms with Crippen molar-refractivity contribution in [3.63, 3.8) is 0 Å². The Labute approximate surface area is 136 Å². The molecule has 1 heterocycles. The Bertz CT molecular complexity index is 493. The van der Waals surface area contributed by atoms with Crippen LogP contribution < -0.4 is 10.1 Å². The van der Waals surface area contributed by atoms with Crippen molar-refractivity contribution in [2.75, 3.05) is 26.2 Å². The van der Waals surface area contributed by atoms with Crippen LogP contribution in [0.15, 0.2) is 24.3 Å². The van der Waals surface area contributed by atoms with Gasteiger partial charge in [-0.2, -0.15) is 0 Å². The monoisotopic (exact) mass is 324 g/mol. The Hall–Kier alpha value is -1.82. The number of aliphatic hydroxyl groups excluding tert-OH is 1. The van der Waals surface area contributed by atoms with Crippen molar-refractivity contribution in [3.05, 3.63) is 30.1 Å². The van der Waals surface area contributed by atoms with E-state index in [-0.39, 0.29) is 23.9 Å². The minimum absolute atomic E-state index is 0.0860. The largest absolute Gasteiger partial charge is 0.494 e. The van der Waals surface area contributed by atoms with E-state index in [4.69, 9.17) is 4.74 Å². The maximum atomic E-state index is 12.7. The third-order valence-electron chi connectivity index (χ3n) is 4.11. The van der Waals surface area contributed by atoms with Crippen LogP contribution in [-0.2, 0) is 0 Å². The van der Waals surface area contributed by atoms with Crippen LogP contribution >= 0.6 is 0 Å². The summed E-state index contributed by atoms with van der Waals surface area (Å²) in [5.74, 6) is 0.492. The van der Waals surface area contributed by atoms with E-state index in [0.29, 0.717) is 31.9 Å². The standard InChI is InChI=1S/C17H25FN2O3/c1-13(21)14-4-2-10-20(12-14)17(22)19-9-3-11-23-16-7-5-15(18)6-8-16/h5-8,13-14,21H,2-4,9-12H2,1H3,(H,19,22). The molecular weight excluding hydrogens is 299 g/mol. The zero-order valence-electron chi connectivity index (χ0n) is 13.5. The van der Waals surface area contributed by atoms with Gasteiger partial charge in [0.2, 0.25) is 0 Å². The second-order valence-electron chi connectivity index (χ2n) is 5.98. The van der Waals surface area contributed by atoms with Crippen LogP contribution in [0.4, 0.5) is 9.18 Å². The van der Waals surface area contributed by atoms with Gasteiger partial charge < -0.3 is 20.1 Å². The summed E-state index contributed by atoms with van der Waals surface area (Å²) in [6.07, 6.45) is 2.19. The molecule has 1 aliphatic rings.